The second-order valence-electron chi connectivity index (χ2n) is 6.69. The third kappa shape index (κ3) is 3.93. The Morgan fingerprint density at radius 1 is 1.28 bits per heavy atom. The number of aryl methyl sites for hydroxylation is 2. The highest BCUT2D eigenvalue weighted by atomic mass is 32.2. The van der Waals surface area contributed by atoms with Crippen LogP contribution >= 0.6 is 11.8 Å². The van der Waals surface area contributed by atoms with Crippen LogP contribution in [0.4, 0.5) is 5.69 Å². The van der Waals surface area contributed by atoms with E-state index in [-0.39, 0.29) is 12.5 Å². The van der Waals surface area contributed by atoms with Gasteiger partial charge in [-0.3, -0.25) is 9.48 Å². The normalized spacial score (nSPS) is 16.5. The van der Waals surface area contributed by atoms with Crippen molar-refractivity contribution in [1.82, 2.24) is 20.0 Å². The number of hydrogen-bond donors (Lipinski definition) is 1. The fourth-order valence-electron chi connectivity index (χ4n) is 2.92. The maximum Gasteiger partial charge on any atom is 0.277 e. The zero-order chi connectivity index (χ0) is 20.5. The number of carbonyl (C=O) groups is 1. The van der Waals surface area contributed by atoms with Crippen LogP contribution in [0.15, 0.2) is 33.9 Å². The average molecular weight is 415 g/mol. The SMILES string of the molecule is Cc1nn(C)c(C)c1NC(=O)[C@@H](C)Sc1nnc([C@@H]2COc3ccccc3O2)o1. The largest absolute Gasteiger partial charge is 0.485 e. The van der Waals surface area contributed by atoms with Crippen LogP contribution in [0.3, 0.4) is 0 Å². The molecule has 152 valence electrons. The van der Waals surface area contributed by atoms with Gasteiger partial charge in [0.05, 0.1) is 22.3 Å². The molecule has 1 aliphatic rings. The van der Waals surface area contributed by atoms with Crippen molar-refractivity contribution in [3.63, 3.8) is 0 Å². The molecule has 0 unspecified atom stereocenters. The number of anilines is 1. The molecule has 0 aliphatic carbocycles. The maximum atomic E-state index is 12.6. The molecule has 0 spiro atoms. The van der Waals surface area contributed by atoms with E-state index in [4.69, 9.17) is 13.9 Å². The fraction of sp³-hybridized carbons (Fsp3) is 0.368. The van der Waals surface area contributed by atoms with Crippen molar-refractivity contribution in [3.8, 4) is 11.5 Å². The van der Waals surface area contributed by atoms with Crippen LogP contribution in [0.2, 0.25) is 0 Å². The molecule has 2 atom stereocenters. The van der Waals surface area contributed by atoms with Crippen LogP contribution in [-0.4, -0.2) is 37.7 Å². The first-order valence-electron chi connectivity index (χ1n) is 9.12. The minimum Gasteiger partial charge on any atom is -0.485 e. The van der Waals surface area contributed by atoms with Crippen molar-refractivity contribution >= 4 is 23.4 Å². The van der Waals surface area contributed by atoms with Gasteiger partial charge in [-0.1, -0.05) is 23.9 Å². The van der Waals surface area contributed by atoms with E-state index in [1.807, 2.05) is 45.2 Å². The van der Waals surface area contributed by atoms with Gasteiger partial charge >= 0.3 is 0 Å². The molecule has 4 rings (SSSR count). The van der Waals surface area contributed by atoms with Gasteiger partial charge in [-0.25, -0.2) is 0 Å². The predicted octanol–water partition coefficient (Wildman–Crippen LogP) is 3.05. The van der Waals surface area contributed by atoms with Crippen molar-refractivity contribution in [2.45, 2.75) is 37.3 Å². The molecule has 0 bridgehead atoms. The number of amides is 1. The Balaban J connectivity index is 1.39. The maximum absolute atomic E-state index is 12.6. The first-order valence-corrected chi connectivity index (χ1v) is 10.00. The minimum absolute atomic E-state index is 0.167. The number of thioether (sulfide) groups is 1. The van der Waals surface area contributed by atoms with E-state index in [9.17, 15) is 4.79 Å². The quantitative estimate of drug-likeness (QED) is 0.634. The number of rotatable bonds is 5. The molecule has 0 radical (unpaired) electrons. The van der Waals surface area contributed by atoms with Gasteiger partial charge in [0.25, 0.3) is 11.1 Å². The van der Waals surface area contributed by atoms with Crippen molar-refractivity contribution in [1.29, 1.82) is 0 Å². The Morgan fingerprint density at radius 3 is 2.76 bits per heavy atom. The van der Waals surface area contributed by atoms with E-state index in [1.54, 1.807) is 11.6 Å². The predicted molar refractivity (Wildman–Crippen MR) is 106 cm³/mol. The minimum atomic E-state index is -0.489. The van der Waals surface area contributed by atoms with E-state index in [2.05, 4.69) is 20.6 Å². The summed E-state index contributed by atoms with van der Waals surface area (Å²) in [5.74, 6) is 1.46. The molecule has 1 aliphatic heterocycles. The van der Waals surface area contributed by atoms with Gasteiger partial charge in [0.15, 0.2) is 11.5 Å². The lowest BCUT2D eigenvalue weighted by molar-refractivity contribution is -0.115. The van der Waals surface area contributed by atoms with Crippen LogP contribution in [0, 0.1) is 13.8 Å². The van der Waals surface area contributed by atoms with Crippen LogP contribution in [-0.2, 0) is 11.8 Å². The van der Waals surface area contributed by atoms with Gasteiger partial charge < -0.3 is 19.2 Å². The van der Waals surface area contributed by atoms with E-state index in [1.165, 1.54) is 11.8 Å². The zero-order valence-electron chi connectivity index (χ0n) is 16.5. The van der Waals surface area contributed by atoms with Crippen LogP contribution < -0.4 is 14.8 Å². The summed E-state index contributed by atoms with van der Waals surface area (Å²) in [6, 6.07) is 7.41. The Kier molecular flexibility index (Phi) is 5.18. The molecule has 10 heteroatoms. The Hall–Kier alpha value is -3.01. The number of benzene rings is 1. The Labute approximate surface area is 171 Å². The molecule has 0 fully saturated rings. The second kappa shape index (κ2) is 7.78. The van der Waals surface area contributed by atoms with Gasteiger partial charge in [0.2, 0.25) is 12.0 Å². The number of aromatic nitrogens is 4. The molecular formula is C19H21N5O4S. The van der Waals surface area contributed by atoms with Crippen LogP contribution in [0.25, 0.3) is 0 Å². The summed E-state index contributed by atoms with van der Waals surface area (Å²) in [4.78, 5) is 12.6. The summed E-state index contributed by atoms with van der Waals surface area (Å²) >= 11 is 1.18. The average Bonchev–Trinajstić information content (AvgIpc) is 3.27. The lowest BCUT2D eigenvalue weighted by Gasteiger charge is -2.23. The van der Waals surface area contributed by atoms with Crippen LogP contribution in [0.1, 0.15) is 30.3 Å². The Morgan fingerprint density at radius 2 is 2.03 bits per heavy atom. The molecule has 1 amide bonds. The highest BCUT2D eigenvalue weighted by Gasteiger charge is 2.28. The summed E-state index contributed by atoms with van der Waals surface area (Å²) in [5, 5.41) is 15.2. The lowest BCUT2D eigenvalue weighted by atomic mass is 10.2. The van der Waals surface area contributed by atoms with Gasteiger partial charge in [-0.05, 0) is 32.9 Å². The second-order valence-corrected chi connectivity index (χ2v) is 7.98. The molecule has 3 aromatic rings. The van der Waals surface area contributed by atoms with Crippen molar-refractivity contribution in [2.24, 2.45) is 7.05 Å². The Bertz CT molecular complexity index is 1050. The molecular weight excluding hydrogens is 394 g/mol. The smallest absolute Gasteiger partial charge is 0.277 e. The standard InChI is InChI=1S/C19H21N5O4S/c1-10-16(11(2)24(4)23-10)20-17(25)12(3)29-19-22-21-18(28-19)15-9-26-13-7-5-6-8-14(13)27-15/h5-8,12,15H,9H2,1-4H3,(H,20,25)/t12-,15+/m1/s1. The first kappa shape index (κ1) is 19.3. The molecule has 0 saturated heterocycles. The van der Waals surface area contributed by atoms with E-state index in [0.717, 1.165) is 17.1 Å². The molecule has 2 aromatic heterocycles. The number of nitrogens with one attached hydrogen (secondary N) is 1. The fourth-order valence-corrected chi connectivity index (χ4v) is 3.61. The molecule has 1 N–H and O–H groups in total. The number of para-hydroxylation sites is 2. The molecule has 9 nitrogen and oxygen atoms in total. The molecule has 29 heavy (non-hydrogen) atoms. The van der Waals surface area contributed by atoms with Crippen molar-refractivity contribution < 1.29 is 18.7 Å². The van der Waals surface area contributed by atoms with E-state index >= 15 is 0 Å². The van der Waals surface area contributed by atoms with Crippen LogP contribution in [0.5, 0.6) is 11.5 Å². The van der Waals surface area contributed by atoms with E-state index in [0.29, 0.717) is 22.6 Å². The lowest BCUT2D eigenvalue weighted by Crippen LogP contribution is -2.23. The summed E-state index contributed by atoms with van der Waals surface area (Å²) in [7, 11) is 1.84. The molecule has 3 heterocycles. The summed E-state index contributed by atoms with van der Waals surface area (Å²) in [6.45, 7) is 5.82. The summed E-state index contributed by atoms with van der Waals surface area (Å²) < 4.78 is 19.0. The number of fused-ring (bicyclic) bond motifs is 1. The highest BCUT2D eigenvalue weighted by molar-refractivity contribution is 8.00. The number of ether oxygens (including phenoxy) is 2. The number of nitrogens with zero attached hydrogens (tertiary/aromatic N) is 4. The summed E-state index contributed by atoms with van der Waals surface area (Å²) in [5.41, 5.74) is 2.38. The van der Waals surface area contributed by atoms with Gasteiger partial charge in [0, 0.05) is 7.05 Å². The molecule has 1 aromatic carbocycles. The van der Waals surface area contributed by atoms with Gasteiger partial charge in [-0.15, -0.1) is 10.2 Å². The third-order valence-electron chi connectivity index (χ3n) is 4.61. The topological polar surface area (TPSA) is 104 Å². The van der Waals surface area contributed by atoms with Gasteiger partial charge in [0.1, 0.15) is 6.61 Å². The zero-order valence-corrected chi connectivity index (χ0v) is 17.3. The van der Waals surface area contributed by atoms with Crippen molar-refractivity contribution in [2.75, 3.05) is 11.9 Å². The third-order valence-corrected chi connectivity index (χ3v) is 5.54. The van der Waals surface area contributed by atoms with Gasteiger partial charge in [-0.2, -0.15) is 5.10 Å². The first-order chi connectivity index (χ1) is 13.9. The number of carbonyl (C=O) groups excluding carboxylic acids is 1. The van der Waals surface area contributed by atoms with Crippen molar-refractivity contribution in [3.05, 3.63) is 41.5 Å². The monoisotopic (exact) mass is 415 g/mol. The summed E-state index contributed by atoms with van der Waals surface area (Å²) in [6.07, 6.45) is -0.489. The molecule has 0 saturated carbocycles. The van der Waals surface area contributed by atoms with E-state index < -0.39 is 11.4 Å². The highest BCUT2D eigenvalue weighted by Crippen LogP contribution is 2.36. The number of hydrogen-bond acceptors (Lipinski definition) is 8.